The average molecular weight is 373 g/mol. The third kappa shape index (κ3) is 3.87. The molecule has 1 N–H and O–H groups in total. The number of rotatable bonds is 6. The summed E-state index contributed by atoms with van der Waals surface area (Å²) in [4.78, 5) is 0.276. The molecular formula is C17H25ClN2O3S. The molecule has 0 aromatic heterocycles. The highest BCUT2D eigenvalue weighted by molar-refractivity contribution is 7.89. The predicted octanol–water partition coefficient (Wildman–Crippen LogP) is 2.81. The smallest absolute Gasteiger partial charge is 0.243 e. The van der Waals surface area contributed by atoms with Gasteiger partial charge in [0.15, 0.2) is 0 Å². The van der Waals surface area contributed by atoms with Gasteiger partial charge in [-0.3, -0.25) is 0 Å². The summed E-state index contributed by atoms with van der Waals surface area (Å²) in [7, 11) is -1.99. The fourth-order valence-corrected chi connectivity index (χ4v) is 5.17. The highest BCUT2D eigenvalue weighted by Crippen LogP contribution is 2.32. The van der Waals surface area contributed by atoms with Crippen molar-refractivity contribution < 1.29 is 13.2 Å². The number of aryl methyl sites for hydroxylation is 1. The van der Waals surface area contributed by atoms with Crippen LogP contribution in [0.5, 0.6) is 5.75 Å². The van der Waals surface area contributed by atoms with Crippen LogP contribution < -0.4 is 10.1 Å². The number of halogens is 1. The minimum Gasteiger partial charge on any atom is -0.495 e. The maximum atomic E-state index is 12.9. The number of nitrogens with one attached hydrogen (secondary N) is 1. The van der Waals surface area contributed by atoms with Crippen LogP contribution in [-0.2, 0) is 10.0 Å². The first kappa shape index (κ1) is 18.0. The van der Waals surface area contributed by atoms with E-state index in [0.29, 0.717) is 35.5 Å². The summed E-state index contributed by atoms with van der Waals surface area (Å²) < 4.78 is 32.6. The van der Waals surface area contributed by atoms with E-state index >= 15 is 0 Å². The van der Waals surface area contributed by atoms with Gasteiger partial charge in [-0.15, -0.1) is 0 Å². The number of benzene rings is 1. The van der Waals surface area contributed by atoms with Gasteiger partial charge in [-0.05, 0) is 62.8 Å². The molecule has 1 saturated carbocycles. The van der Waals surface area contributed by atoms with E-state index in [1.54, 1.807) is 17.3 Å². The summed E-state index contributed by atoms with van der Waals surface area (Å²) >= 11 is 6.13. The lowest BCUT2D eigenvalue weighted by molar-refractivity contribution is 0.288. The standard InChI is InChI=1S/C17H25ClN2O3S/c1-12-9-16(23-2)15(18)10-17(12)24(21,22)20-7-5-14(6-8-20)19-11-13-3-4-13/h9-10,13-14,19H,3-8,11H2,1-2H3. The van der Waals surface area contributed by atoms with Crippen LogP contribution in [0.25, 0.3) is 0 Å². The second-order valence-electron chi connectivity index (χ2n) is 6.78. The Hall–Kier alpha value is -0.820. The molecule has 1 aromatic rings. The second kappa shape index (κ2) is 7.20. The molecule has 1 aliphatic carbocycles. The molecule has 0 radical (unpaired) electrons. The van der Waals surface area contributed by atoms with Gasteiger partial charge in [-0.25, -0.2) is 8.42 Å². The lowest BCUT2D eigenvalue weighted by Gasteiger charge is -2.32. The van der Waals surface area contributed by atoms with Crippen LogP contribution >= 0.6 is 11.6 Å². The summed E-state index contributed by atoms with van der Waals surface area (Å²) in [5, 5.41) is 3.89. The van der Waals surface area contributed by atoms with E-state index < -0.39 is 10.0 Å². The van der Waals surface area contributed by atoms with Gasteiger partial charge in [-0.2, -0.15) is 4.31 Å². The Labute approximate surface area is 149 Å². The molecule has 0 unspecified atom stereocenters. The SMILES string of the molecule is COc1cc(C)c(S(=O)(=O)N2CCC(NCC3CC3)CC2)cc1Cl. The molecule has 24 heavy (non-hydrogen) atoms. The Morgan fingerprint density at radius 3 is 2.50 bits per heavy atom. The Balaban J connectivity index is 1.68. The van der Waals surface area contributed by atoms with Crippen molar-refractivity contribution >= 4 is 21.6 Å². The minimum atomic E-state index is -3.52. The Kier molecular flexibility index (Phi) is 5.39. The Morgan fingerprint density at radius 2 is 1.92 bits per heavy atom. The predicted molar refractivity (Wildman–Crippen MR) is 95.2 cm³/mol. The maximum absolute atomic E-state index is 12.9. The Bertz CT molecular complexity index is 696. The first-order valence-electron chi connectivity index (χ1n) is 8.49. The zero-order valence-corrected chi connectivity index (χ0v) is 15.8. The first-order chi connectivity index (χ1) is 11.4. The highest BCUT2D eigenvalue weighted by Gasteiger charge is 2.31. The van der Waals surface area contributed by atoms with Crippen LogP contribution in [0.3, 0.4) is 0 Å². The topological polar surface area (TPSA) is 58.6 Å². The number of methoxy groups -OCH3 is 1. The molecule has 1 aliphatic heterocycles. The normalized spacial score (nSPS) is 20.3. The molecule has 1 heterocycles. The van der Waals surface area contributed by atoms with Crippen molar-refractivity contribution in [2.45, 2.75) is 43.5 Å². The van der Waals surface area contributed by atoms with E-state index in [9.17, 15) is 8.42 Å². The van der Waals surface area contributed by atoms with Gasteiger partial charge in [0.25, 0.3) is 0 Å². The molecule has 0 spiro atoms. The van der Waals surface area contributed by atoms with Crippen molar-refractivity contribution in [3.05, 3.63) is 22.7 Å². The zero-order valence-electron chi connectivity index (χ0n) is 14.2. The molecule has 7 heteroatoms. The lowest BCUT2D eigenvalue weighted by atomic mass is 10.1. The average Bonchev–Trinajstić information content (AvgIpc) is 3.39. The van der Waals surface area contributed by atoms with Gasteiger partial charge in [0.2, 0.25) is 10.0 Å². The number of piperidine rings is 1. The summed E-state index contributed by atoms with van der Waals surface area (Å²) in [6.07, 6.45) is 4.37. The van der Waals surface area contributed by atoms with Crippen LogP contribution in [0.1, 0.15) is 31.2 Å². The van der Waals surface area contributed by atoms with Crippen LogP contribution in [0, 0.1) is 12.8 Å². The molecule has 134 valence electrons. The van der Waals surface area contributed by atoms with Crippen molar-refractivity contribution in [1.29, 1.82) is 0 Å². The van der Waals surface area contributed by atoms with Crippen LogP contribution in [-0.4, -0.2) is 45.5 Å². The van der Waals surface area contributed by atoms with E-state index in [1.165, 1.54) is 26.0 Å². The van der Waals surface area contributed by atoms with Gasteiger partial charge in [-0.1, -0.05) is 11.6 Å². The summed E-state index contributed by atoms with van der Waals surface area (Å²) in [6, 6.07) is 3.61. The van der Waals surface area contributed by atoms with Crippen molar-refractivity contribution in [1.82, 2.24) is 9.62 Å². The van der Waals surface area contributed by atoms with Gasteiger partial charge < -0.3 is 10.1 Å². The summed E-state index contributed by atoms with van der Waals surface area (Å²) in [6.45, 7) is 3.95. The minimum absolute atomic E-state index is 0.276. The largest absolute Gasteiger partial charge is 0.495 e. The molecule has 0 amide bonds. The van der Waals surface area contributed by atoms with Crippen molar-refractivity contribution in [3.63, 3.8) is 0 Å². The second-order valence-corrected chi connectivity index (χ2v) is 9.10. The molecule has 3 rings (SSSR count). The zero-order chi connectivity index (χ0) is 17.3. The number of sulfonamides is 1. The Morgan fingerprint density at radius 1 is 1.25 bits per heavy atom. The fourth-order valence-electron chi connectivity index (χ4n) is 3.17. The van der Waals surface area contributed by atoms with Crippen LogP contribution in [0.2, 0.25) is 5.02 Å². The molecule has 2 fully saturated rings. The quantitative estimate of drug-likeness (QED) is 0.834. The summed E-state index contributed by atoms with van der Waals surface area (Å²) in [5.74, 6) is 1.34. The van der Waals surface area contributed by atoms with Gasteiger partial charge in [0, 0.05) is 19.1 Å². The van der Waals surface area contributed by atoms with Crippen LogP contribution in [0.15, 0.2) is 17.0 Å². The summed E-state index contributed by atoms with van der Waals surface area (Å²) in [5.41, 5.74) is 0.658. The number of hydrogen-bond acceptors (Lipinski definition) is 4. The molecule has 0 bridgehead atoms. The van der Waals surface area contributed by atoms with E-state index in [-0.39, 0.29) is 4.90 Å². The van der Waals surface area contributed by atoms with E-state index in [4.69, 9.17) is 16.3 Å². The van der Waals surface area contributed by atoms with Gasteiger partial charge in [0.1, 0.15) is 5.75 Å². The lowest BCUT2D eigenvalue weighted by Crippen LogP contribution is -2.45. The van der Waals surface area contributed by atoms with E-state index in [1.807, 2.05) is 0 Å². The first-order valence-corrected chi connectivity index (χ1v) is 10.3. The maximum Gasteiger partial charge on any atom is 0.243 e. The van der Waals surface area contributed by atoms with Crippen molar-refractivity contribution in [2.75, 3.05) is 26.7 Å². The van der Waals surface area contributed by atoms with E-state index in [2.05, 4.69) is 5.32 Å². The van der Waals surface area contributed by atoms with Crippen molar-refractivity contribution in [3.8, 4) is 5.75 Å². The molecule has 1 saturated heterocycles. The van der Waals surface area contributed by atoms with E-state index in [0.717, 1.165) is 25.3 Å². The molecule has 2 aliphatic rings. The van der Waals surface area contributed by atoms with Gasteiger partial charge >= 0.3 is 0 Å². The van der Waals surface area contributed by atoms with Crippen molar-refractivity contribution in [2.24, 2.45) is 5.92 Å². The third-order valence-corrected chi connectivity index (χ3v) is 7.25. The molecular weight excluding hydrogens is 348 g/mol. The molecule has 5 nitrogen and oxygen atoms in total. The monoisotopic (exact) mass is 372 g/mol. The number of nitrogens with zero attached hydrogens (tertiary/aromatic N) is 1. The molecule has 0 atom stereocenters. The third-order valence-electron chi connectivity index (χ3n) is 4.91. The number of ether oxygens (including phenoxy) is 1. The van der Waals surface area contributed by atoms with Crippen LogP contribution in [0.4, 0.5) is 0 Å². The molecule has 1 aromatic carbocycles. The van der Waals surface area contributed by atoms with Gasteiger partial charge in [0.05, 0.1) is 17.0 Å². The fraction of sp³-hybridized carbons (Fsp3) is 0.647. The highest BCUT2D eigenvalue weighted by atomic mass is 35.5. The number of hydrogen-bond donors (Lipinski definition) is 1.